The normalized spacial score (nSPS) is 16.4. The lowest BCUT2D eigenvalue weighted by molar-refractivity contribution is -0.118. The van der Waals surface area contributed by atoms with Crippen LogP contribution in [-0.2, 0) is 4.79 Å². The van der Waals surface area contributed by atoms with Crippen molar-refractivity contribution >= 4 is 23.2 Å². The van der Waals surface area contributed by atoms with Gasteiger partial charge in [-0.25, -0.2) is 0 Å². The van der Waals surface area contributed by atoms with Crippen molar-refractivity contribution in [1.29, 1.82) is 0 Å². The number of carbonyl (C=O) groups excluding carboxylic acids is 2. The van der Waals surface area contributed by atoms with Crippen molar-refractivity contribution < 1.29 is 14.3 Å². The fourth-order valence-corrected chi connectivity index (χ4v) is 3.01. The Balaban J connectivity index is 1.55. The maximum atomic E-state index is 12.4. The van der Waals surface area contributed by atoms with Gasteiger partial charge in [-0.2, -0.15) is 0 Å². The molecule has 1 heterocycles. The zero-order valence-electron chi connectivity index (χ0n) is 15.5. The molecular weight excluding hydrogens is 342 g/mol. The summed E-state index contributed by atoms with van der Waals surface area (Å²) in [7, 11) is 0. The first-order chi connectivity index (χ1) is 13.2. The minimum absolute atomic E-state index is 0.0266. The standard InChI is InChI=1S/C21H25N3O3/c1-2-27-18-12-10-17(11-13-18)23-20(25)15-6-8-16(9-7-15)24-21(26)19-5-3-4-14-22-19/h6-13,19,22H,2-5,14H2,1H3,(H,23,25)(H,24,26). The molecule has 2 aromatic rings. The number of carbonyl (C=O) groups is 2. The van der Waals surface area contributed by atoms with Crippen LogP contribution in [0.1, 0.15) is 36.5 Å². The minimum Gasteiger partial charge on any atom is -0.494 e. The number of hydrogen-bond acceptors (Lipinski definition) is 4. The fraction of sp³-hybridized carbons (Fsp3) is 0.333. The molecule has 27 heavy (non-hydrogen) atoms. The van der Waals surface area contributed by atoms with Gasteiger partial charge in [0.15, 0.2) is 0 Å². The number of nitrogens with one attached hydrogen (secondary N) is 3. The molecule has 1 unspecified atom stereocenters. The number of rotatable bonds is 6. The van der Waals surface area contributed by atoms with E-state index in [0.717, 1.165) is 31.6 Å². The van der Waals surface area contributed by atoms with Crippen molar-refractivity contribution in [3.8, 4) is 5.75 Å². The van der Waals surface area contributed by atoms with Crippen molar-refractivity contribution in [2.24, 2.45) is 0 Å². The van der Waals surface area contributed by atoms with Gasteiger partial charge in [0.25, 0.3) is 5.91 Å². The highest BCUT2D eigenvalue weighted by atomic mass is 16.5. The van der Waals surface area contributed by atoms with Gasteiger partial charge in [-0.3, -0.25) is 9.59 Å². The van der Waals surface area contributed by atoms with Gasteiger partial charge in [-0.05, 0) is 74.8 Å². The van der Waals surface area contributed by atoms with E-state index in [9.17, 15) is 9.59 Å². The molecule has 6 heteroatoms. The highest BCUT2D eigenvalue weighted by Crippen LogP contribution is 2.17. The molecule has 0 spiro atoms. The zero-order chi connectivity index (χ0) is 19.1. The van der Waals surface area contributed by atoms with Gasteiger partial charge >= 0.3 is 0 Å². The molecule has 1 fully saturated rings. The lowest BCUT2D eigenvalue weighted by Crippen LogP contribution is -2.43. The molecule has 1 aliphatic heterocycles. The van der Waals surface area contributed by atoms with Gasteiger partial charge in [0, 0.05) is 16.9 Å². The summed E-state index contributed by atoms with van der Waals surface area (Å²) in [6.07, 6.45) is 3.03. The van der Waals surface area contributed by atoms with Crippen LogP contribution < -0.4 is 20.7 Å². The smallest absolute Gasteiger partial charge is 0.255 e. The Labute approximate surface area is 159 Å². The number of piperidine rings is 1. The Morgan fingerprint density at radius 1 is 1.00 bits per heavy atom. The van der Waals surface area contributed by atoms with E-state index in [1.165, 1.54) is 0 Å². The lowest BCUT2D eigenvalue weighted by atomic mass is 10.0. The highest BCUT2D eigenvalue weighted by molar-refractivity contribution is 6.04. The second-order valence-electron chi connectivity index (χ2n) is 6.48. The molecule has 1 aliphatic rings. The summed E-state index contributed by atoms with van der Waals surface area (Å²) < 4.78 is 5.39. The first-order valence-electron chi connectivity index (χ1n) is 9.34. The number of benzene rings is 2. The summed E-state index contributed by atoms with van der Waals surface area (Å²) in [6.45, 7) is 3.40. The van der Waals surface area contributed by atoms with Crippen LogP contribution in [-0.4, -0.2) is 31.0 Å². The minimum atomic E-state index is -0.203. The van der Waals surface area contributed by atoms with Crippen molar-refractivity contribution in [2.45, 2.75) is 32.2 Å². The first kappa shape index (κ1) is 18.9. The summed E-state index contributed by atoms with van der Waals surface area (Å²) in [5.74, 6) is 0.537. The van der Waals surface area contributed by atoms with Gasteiger partial charge in [0.05, 0.1) is 12.6 Å². The topological polar surface area (TPSA) is 79.5 Å². The highest BCUT2D eigenvalue weighted by Gasteiger charge is 2.20. The molecule has 0 radical (unpaired) electrons. The van der Waals surface area contributed by atoms with Crippen LogP contribution in [0.3, 0.4) is 0 Å². The summed E-state index contributed by atoms with van der Waals surface area (Å²) in [5, 5.41) is 8.97. The molecule has 1 saturated heterocycles. The predicted molar refractivity (Wildman–Crippen MR) is 106 cm³/mol. The molecule has 0 saturated carbocycles. The van der Waals surface area contributed by atoms with Crippen molar-refractivity contribution in [3.05, 3.63) is 54.1 Å². The average molecular weight is 367 g/mol. The van der Waals surface area contributed by atoms with E-state index in [-0.39, 0.29) is 17.9 Å². The molecule has 3 rings (SSSR count). The van der Waals surface area contributed by atoms with Crippen LogP contribution in [0.25, 0.3) is 0 Å². The number of amides is 2. The quantitative estimate of drug-likeness (QED) is 0.731. The second kappa shape index (κ2) is 9.19. The zero-order valence-corrected chi connectivity index (χ0v) is 15.5. The third-order valence-corrected chi connectivity index (χ3v) is 4.46. The van der Waals surface area contributed by atoms with E-state index in [4.69, 9.17) is 4.74 Å². The van der Waals surface area contributed by atoms with E-state index in [2.05, 4.69) is 16.0 Å². The van der Waals surface area contributed by atoms with Gasteiger partial charge in [0.1, 0.15) is 5.75 Å². The average Bonchev–Trinajstić information content (AvgIpc) is 2.71. The van der Waals surface area contributed by atoms with Crippen LogP contribution in [0.5, 0.6) is 5.75 Å². The van der Waals surface area contributed by atoms with E-state index >= 15 is 0 Å². The summed E-state index contributed by atoms with van der Waals surface area (Å²) in [4.78, 5) is 24.6. The Bertz CT molecular complexity index is 766. The maximum Gasteiger partial charge on any atom is 0.255 e. The van der Waals surface area contributed by atoms with Crippen molar-refractivity contribution in [3.63, 3.8) is 0 Å². The lowest BCUT2D eigenvalue weighted by Gasteiger charge is -2.22. The molecule has 142 valence electrons. The van der Waals surface area contributed by atoms with Gasteiger partial charge < -0.3 is 20.7 Å². The molecule has 2 amide bonds. The molecule has 0 bridgehead atoms. The van der Waals surface area contributed by atoms with Crippen LogP contribution in [0.4, 0.5) is 11.4 Å². The van der Waals surface area contributed by atoms with E-state index in [1.54, 1.807) is 36.4 Å². The van der Waals surface area contributed by atoms with Crippen LogP contribution in [0.15, 0.2) is 48.5 Å². The van der Waals surface area contributed by atoms with Crippen molar-refractivity contribution in [2.75, 3.05) is 23.8 Å². The summed E-state index contributed by atoms with van der Waals surface area (Å²) in [5.41, 5.74) is 1.91. The molecule has 3 N–H and O–H groups in total. The van der Waals surface area contributed by atoms with Gasteiger partial charge in [-0.15, -0.1) is 0 Å². The van der Waals surface area contributed by atoms with Gasteiger partial charge in [-0.1, -0.05) is 6.42 Å². The van der Waals surface area contributed by atoms with Crippen LogP contribution >= 0.6 is 0 Å². The predicted octanol–water partition coefficient (Wildman–Crippen LogP) is 3.42. The monoisotopic (exact) mass is 367 g/mol. The number of hydrogen-bond donors (Lipinski definition) is 3. The Morgan fingerprint density at radius 3 is 2.30 bits per heavy atom. The third kappa shape index (κ3) is 5.31. The van der Waals surface area contributed by atoms with E-state index in [1.807, 2.05) is 19.1 Å². The summed E-state index contributed by atoms with van der Waals surface area (Å²) >= 11 is 0. The SMILES string of the molecule is CCOc1ccc(NC(=O)c2ccc(NC(=O)C3CCCCN3)cc2)cc1. The summed E-state index contributed by atoms with van der Waals surface area (Å²) in [6, 6.07) is 14.0. The maximum absolute atomic E-state index is 12.4. The molecule has 1 atom stereocenters. The largest absolute Gasteiger partial charge is 0.494 e. The number of anilines is 2. The Kier molecular flexibility index (Phi) is 6.44. The third-order valence-electron chi connectivity index (χ3n) is 4.46. The van der Waals surface area contributed by atoms with Gasteiger partial charge in [0.2, 0.25) is 5.91 Å². The van der Waals surface area contributed by atoms with E-state index in [0.29, 0.717) is 23.5 Å². The second-order valence-corrected chi connectivity index (χ2v) is 6.48. The first-order valence-corrected chi connectivity index (χ1v) is 9.34. The molecular formula is C21H25N3O3. The molecule has 2 aromatic carbocycles. The van der Waals surface area contributed by atoms with E-state index < -0.39 is 0 Å². The number of ether oxygens (including phenoxy) is 1. The van der Waals surface area contributed by atoms with Crippen LogP contribution in [0.2, 0.25) is 0 Å². The van der Waals surface area contributed by atoms with Crippen molar-refractivity contribution in [1.82, 2.24) is 5.32 Å². The Hall–Kier alpha value is -2.86. The molecule has 6 nitrogen and oxygen atoms in total. The van der Waals surface area contributed by atoms with Crippen LogP contribution in [0, 0.1) is 0 Å². The molecule has 0 aliphatic carbocycles. The fourth-order valence-electron chi connectivity index (χ4n) is 3.01. The molecule has 0 aromatic heterocycles. The Morgan fingerprint density at radius 2 is 1.67 bits per heavy atom.